The van der Waals surface area contributed by atoms with E-state index in [4.69, 9.17) is 11.6 Å². The largest absolute Gasteiger partial charge is 0.287 e. The van der Waals surface area contributed by atoms with Crippen LogP contribution in [0.25, 0.3) is 5.82 Å². The lowest BCUT2D eigenvalue weighted by atomic mass is 10.3. The molecule has 0 saturated carbocycles. The van der Waals surface area contributed by atoms with Gasteiger partial charge in [0.2, 0.25) is 0 Å². The molecule has 0 aliphatic heterocycles. The van der Waals surface area contributed by atoms with Crippen molar-refractivity contribution in [3.05, 3.63) is 34.3 Å². The van der Waals surface area contributed by atoms with Crippen LogP contribution in [-0.2, 0) is 6.42 Å². The van der Waals surface area contributed by atoms with E-state index in [0.717, 1.165) is 41.4 Å². The Morgan fingerprint density at radius 2 is 1.94 bits per heavy atom. The summed E-state index contributed by atoms with van der Waals surface area (Å²) in [5.41, 5.74) is 2.97. The lowest BCUT2D eigenvalue weighted by Crippen LogP contribution is -2.07. The van der Waals surface area contributed by atoms with Crippen LogP contribution in [0.2, 0.25) is 5.15 Å². The standard InChI is InChI=1S/C13H17ClN4/c1-5-6-11-16-12(14)8(2)13(17-11)18-7-15-9(3)10(18)4/h7H,5-6H2,1-4H3. The number of halogens is 1. The van der Waals surface area contributed by atoms with Gasteiger partial charge in [0.15, 0.2) is 0 Å². The summed E-state index contributed by atoms with van der Waals surface area (Å²) in [4.78, 5) is 13.2. The minimum Gasteiger partial charge on any atom is -0.287 e. The van der Waals surface area contributed by atoms with E-state index >= 15 is 0 Å². The quantitative estimate of drug-likeness (QED) is 0.800. The van der Waals surface area contributed by atoms with E-state index in [2.05, 4.69) is 21.9 Å². The highest BCUT2D eigenvalue weighted by Crippen LogP contribution is 2.21. The number of hydrogen-bond donors (Lipinski definition) is 0. The number of rotatable bonds is 3. The second-order valence-corrected chi connectivity index (χ2v) is 4.77. The lowest BCUT2D eigenvalue weighted by molar-refractivity contribution is 0.805. The summed E-state index contributed by atoms with van der Waals surface area (Å²) in [7, 11) is 0. The number of hydrogen-bond acceptors (Lipinski definition) is 3. The Kier molecular flexibility index (Phi) is 3.66. The Bertz CT molecular complexity index is 575. The average molecular weight is 265 g/mol. The van der Waals surface area contributed by atoms with Crippen molar-refractivity contribution in [3.8, 4) is 5.82 Å². The molecule has 2 heterocycles. The molecule has 2 aromatic rings. The van der Waals surface area contributed by atoms with Crippen molar-refractivity contribution < 1.29 is 0 Å². The zero-order chi connectivity index (χ0) is 13.3. The summed E-state index contributed by atoms with van der Waals surface area (Å²) >= 11 is 6.18. The lowest BCUT2D eigenvalue weighted by Gasteiger charge is -2.11. The highest BCUT2D eigenvalue weighted by molar-refractivity contribution is 6.30. The first-order valence-corrected chi connectivity index (χ1v) is 6.46. The van der Waals surface area contributed by atoms with Gasteiger partial charge in [0.05, 0.1) is 5.69 Å². The predicted molar refractivity (Wildman–Crippen MR) is 72.4 cm³/mol. The van der Waals surface area contributed by atoms with Crippen molar-refractivity contribution in [2.45, 2.75) is 40.5 Å². The Morgan fingerprint density at radius 3 is 2.50 bits per heavy atom. The van der Waals surface area contributed by atoms with E-state index < -0.39 is 0 Å². The van der Waals surface area contributed by atoms with Gasteiger partial charge in [-0.15, -0.1) is 0 Å². The third-order valence-corrected chi connectivity index (χ3v) is 3.43. The molecule has 0 saturated heterocycles. The van der Waals surface area contributed by atoms with Gasteiger partial charge in [-0.05, 0) is 27.2 Å². The zero-order valence-corrected chi connectivity index (χ0v) is 11.9. The van der Waals surface area contributed by atoms with Gasteiger partial charge in [0, 0.05) is 17.7 Å². The summed E-state index contributed by atoms with van der Waals surface area (Å²) in [5.74, 6) is 1.62. The molecule has 0 spiro atoms. The molecule has 0 atom stereocenters. The minimum atomic E-state index is 0.522. The van der Waals surface area contributed by atoms with Crippen LogP contribution < -0.4 is 0 Å². The summed E-state index contributed by atoms with van der Waals surface area (Å²) < 4.78 is 1.97. The molecular weight excluding hydrogens is 248 g/mol. The molecule has 0 unspecified atom stereocenters. The molecule has 96 valence electrons. The summed E-state index contributed by atoms with van der Waals surface area (Å²) in [6.45, 7) is 8.04. The number of nitrogens with zero attached hydrogens (tertiary/aromatic N) is 4. The molecule has 0 radical (unpaired) electrons. The van der Waals surface area contributed by atoms with Crippen molar-refractivity contribution in [3.63, 3.8) is 0 Å². The zero-order valence-electron chi connectivity index (χ0n) is 11.2. The molecule has 2 rings (SSSR count). The van der Waals surface area contributed by atoms with Crippen LogP contribution in [0.1, 0.15) is 36.1 Å². The molecule has 0 aliphatic carbocycles. The maximum Gasteiger partial charge on any atom is 0.146 e. The van der Waals surface area contributed by atoms with Crippen LogP contribution in [0.5, 0.6) is 0 Å². The third kappa shape index (κ3) is 2.25. The van der Waals surface area contributed by atoms with Gasteiger partial charge in [0.1, 0.15) is 23.1 Å². The smallest absolute Gasteiger partial charge is 0.146 e. The minimum absolute atomic E-state index is 0.522. The summed E-state index contributed by atoms with van der Waals surface area (Å²) in [6, 6.07) is 0. The molecule has 0 N–H and O–H groups in total. The molecule has 18 heavy (non-hydrogen) atoms. The number of aromatic nitrogens is 4. The summed E-state index contributed by atoms with van der Waals surface area (Å²) in [5, 5.41) is 0.522. The Hall–Kier alpha value is -1.42. The van der Waals surface area contributed by atoms with E-state index in [1.807, 2.05) is 25.3 Å². The second-order valence-electron chi connectivity index (χ2n) is 4.41. The Labute approximate surface area is 112 Å². The normalized spacial score (nSPS) is 10.9. The first kappa shape index (κ1) is 13.0. The highest BCUT2D eigenvalue weighted by atomic mass is 35.5. The average Bonchev–Trinajstić information content (AvgIpc) is 2.65. The molecule has 0 amide bonds. The first-order chi connectivity index (χ1) is 8.54. The number of imidazole rings is 1. The first-order valence-electron chi connectivity index (χ1n) is 6.08. The van der Waals surface area contributed by atoms with Crippen molar-refractivity contribution in [1.29, 1.82) is 0 Å². The van der Waals surface area contributed by atoms with Crippen LogP contribution in [0.4, 0.5) is 0 Å². The van der Waals surface area contributed by atoms with Gasteiger partial charge in [-0.1, -0.05) is 18.5 Å². The Morgan fingerprint density at radius 1 is 1.22 bits per heavy atom. The topological polar surface area (TPSA) is 43.6 Å². The third-order valence-electron chi connectivity index (χ3n) is 3.06. The van der Waals surface area contributed by atoms with Crippen molar-refractivity contribution in [1.82, 2.24) is 19.5 Å². The van der Waals surface area contributed by atoms with E-state index in [1.165, 1.54) is 0 Å². The maximum atomic E-state index is 6.18. The monoisotopic (exact) mass is 264 g/mol. The fourth-order valence-corrected chi connectivity index (χ4v) is 1.98. The molecule has 0 aromatic carbocycles. The van der Waals surface area contributed by atoms with Crippen molar-refractivity contribution in [2.24, 2.45) is 0 Å². The van der Waals surface area contributed by atoms with Gasteiger partial charge in [0.25, 0.3) is 0 Å². The molecule has 2 aromatic heterocycles. The Balaban J connectivity index is 2.59. The molecular formula is C13H17ClN4. The molecule has 4 nitrogen and oxygen atoms in total. The van der Waals surface area contributed by atoms with Crippen LogP contribution in [0.3, 0.4) is 0 Å². The van der Waals surface area contributed by atoms with Gasteiger partial charge in [-0.25, -0.2) is 15.0 Å². The van der Waals surface area contributed by atoms with Gasteiger partial charge in [-0.3, -0.25) is 4.57 Å². The van der Waals surface area contributed by atoms with Crippen molar-refractivity contribution in [2.75, 3.05) is 0 Å². The number of aryl methyl sites for hydroxylation is 2. The van der Waals surface area contributed by atoms with Crippen LogP contribution >= 0.6 is 11.6 Å². The van der Waals surface area contributed by atoms with E-state index in [0.29, 0.717) is 5.15 Å². The molecule has 5 heteroatoms. The fourth-order valence-electron chi connectivity index (χ4n) is 1.80. The fraction of sp³-hybridized carbons (Fsp3) is 0.462. The summed E-state index contributed by atoms with van der Waals surface area (Å²) in [6.07, 6.45) is 3.62. The van der Waals surface area contributed by atoms with Crippen molar-refractivity contribution >= 4 is 11.6 Å². The van der Waals surface area contributed by atoms with Crippen LogP contribution in [-0.4, -0.2) is 19.5 Å². The van der Waals surface area contributed by atoms with Crippen LogP contribution in [0, 0.1) is 20.8 Å². The van der Waals surface area contributed by atoms with Gasteiger partial charge >= 0.3 is 0 Å². The van der Waals surface area contributed by atoms with E-state index in [1.54, 1.807) is 6.33 Å². The molecule has 0 fully saturated rings. The molecule has 0 bridgehead atoms. The second kappa shape index (κ2) is 5.06. The van der Waals surface area contributed by atoms with E-state index in [9.17, 15) is 0 Å². The molecule has 0 aliphatic rings. The van der Waals surface area contributed by atoms with Crippen LogP contribution in [0.15, 0.2) is 6.33 Å². The van der Waals surface area contributed by atoms with Gasteiger partial charge in [-0.2, -0.15) is 0 Å². The van der Waals surface area contributed by atoms with Gasteiger partial charge < -0.3 is 0 Å². The predicted octanol–water partition coefficient (Wildman–Crippen LogP) is 3.19. The highest BCUT2D eigenvalue weighted by Gasteiger charge is 2.13. The maximum absolute atomic E-state index is 6.18. The van der Waals surface area contributed by atoms with E-state index in [-0.39, 0.29) is 0 Å². The SMILES string of the molecule is CCCc1nc(Cl)c(C)c(-n2cnc(C)c2C)n1.